The zero-order chi connectivity index (χ0) is 8.43. The molecule has 6 heteroatoms. The Balaban J connectivity index is 2.87. The quantitative estimate of drug-likeness (QED) is 0.705. The van der Waals surface area contributed by atoms with Crippen LogP contribution in [0.2, 0.25) is 5.02 Å². The van der Waals surface area contributed by atoms with E-state index in [9.17, 15) is 8.76 Å². The fraction of sp³-hybridized carbons (Fsp3) is 0.400. The molecule has 0 saturated carbocycles. The molecule has 11 heavy (non-hydrogen) atoms. The standard InChI is InChI=1S/C5H7ClN2O2S/c1-3-5(6)4(8-7-3)2-11(9)10/h2H2,1H3,(H,7,8)(H,9,10)/p-1. The van der Waals surface area contributed by atoms with Gasteiger partial charge in [0.05, 0.1) is 22.2 Å². The molecule has 62 valence electrons. The lowest BCUT2D eigenvalue weighted by Crippen LogP contribution is -1.93. The Morgan fingerprint density at radius 3 is 2.82 bits per heavy atom. The summed E-state index contributed by atoms with van der Waals surface area (Å²) in [6, 6.07) is 0. The van der Waals surface area contributed by atoms with Crippen LogP contribution in [-0.4, -0.2) is 19.0 Å². The van der Waals surface area contributed by atoms with E-state index in [2.05, 4.69) is 10.2 Å². The minimum atomic E-state index is -2.13. The first-order valence-electron chi connectivity index (χ1n) is 2.86. The normalized spacial score (nSPS) is 13.4. The Hall–Kier alpha value is -0.390. The maximum atomic E-state index is 10.2. The monoisotopic (exact) mass is 193 g/mol. The molecular weight excluding hydrogens is 188 g/mol. The molecule has 0 aromatic carbocycles. The van der Waals surface area contributed by atoms with Crippen LogP contribution in [0, 0.1) is 6.92 Å². The van der Waals surface area contributed by atoms with Gasteiger partial charge < -0.3 is 4.55 Å². The van der Waals surface area contributed by atoms with Crippen molar-refractivity contribution in [2.75, 3.05) is 0 Å². The number of hydrogen-bond acceptors (Lipinski definition) is 3. The molecule has 1 heterocycles. The molecule has 4 nitrogen and oxygen atoms in total. The highest BCUT2D eigenvalue weighted by Gasteiger charge is 2.06. The second kappa shape index (κ2) is 3.34. The molecule has 1 aromatic rings. The number of H-pyrrole nitrogens is 1. The Labute approximate surface area is 71.2 Å². The van der Waals surface area contributed by atoms with Crippen molar-refractivity contribution in [1.82, 2.24) is 10.2 Å². The van der Waals surface area contributed by atoms with Crippen LogP contribution in [-0.2, 0) is 16.8 Å². The van der Waals surface area contributed by atoms with E-state index >= 15 is 0 Å². The Bertz CT molecular complexity index is 286. The van der Waals surface area contributed by atoms with Crippen LogP contribution >= 0.6 is 11.6 Å². The second-order valence-electron chi connectivity index (χ2n) is 2.06. The van der Waals surface area contributed by atoms with Gasteiger partial charge >= 0.3 is 0 Å². The van der Waals surface area contributed by atoms with Gasteiger partial charge in [-0.1, -0.05) is 11.6 Å². The number of rotatable bonds is 2. The summed E-state index contributed by atoms with van der Waals surface area (Å²) in [5, 5.41) is 6.69. The number of nitrogens with zero attached hydrogens (tertiary/aromatic N) is 1. The van der Waals surface area contributed by atoms with Gasteiger partial charge in [-0.05, 0) is 18.0 Å². The van der Waals surface area contributed by atoms with E-state index in [-0.39, 0.29) is 5.75 Å². The van der Waals surface area contributed by atoms with Crippen LogP contribution in [0.25, 0.3) is 0 Å². The number of nitrogens with one attached hydrogen (secondary N) is 1. The van der Waals surface area contributed by atoms with Crippen LogP contribution in [0.15, 0.2) is 0 Å². The largest absolute Gasteiger partial charge is 0.772 e. The van der Waals surface area contributed by atoms with E-state index in [0.29, 0.717) is 16.4 Å². The summed E-state index contributed by atoms with van der Waals surface area (Å²) < 4.78 is 20.4. The van der Waals surface area contributed by atoms with Gasteiger partial charge in [0.25, 0.3) is 0 Å². The molecule has 0 spiro atoms. The Morgan fingerprint density at radius 2 is 2.45 bits per heavy atom. The second-order valence-corrected chi connectivity index (χ2v) is 3.33. The first-order valence-corrected chi connectivity index (χ1v) is 4.48. The zero-order valence-corrected chi connectivity index (χ0v) is 7.33. The number of halogens is 1. The third-order valence-electron chi connectivity index (χ3n) is 1.20. The van der Waals surface area contributed by atoms with Crippen molar-refractivity contribution in [3.8, 4) is 0 Å². The summed E-state index contributed by atoms with van der Waals surface area (Å²) >= 11 is 3.56. The summed E-state index contributed by atoms with van der Waals surface area (Å²) in [6.45, 7) is 1.73. The fourth-order valence-corrected chi connectivity index (χ4v) is 1.34. The highest BCUT2D eigenvalue weighted by molar-refractivity contribution is 7.78. The SMILES string of the molecule is Cc1[nH]nc(CS(=O)[O-])c1Cl. The third-order valence-corrected chi connectivity index (χ3v) is 2.21. The first-order chi connectivity index (χ1) is 5.11. The molecule has 1 aromatic heterocycles. The van der Waals surface area contributed by atoms with Gasteiger partial charge in [0.15, 0.2) is 0 Å². The summed E-state index contributed by atoms with van der Waals surface area (Å²) in [5.74, 6) is -0.136. The van der Waals surface area contributed by atoms with E-state index in [0.717, 1.165) is 0 Å². The Kier molecular flexibility index (Phi) is 2.64. The maximum absolute atomic E-state index is 10.2. The number of aryl methyl sites for hydroxylation is 1. The van der Waals surface area contributed by atoms with Gasteiger partial charge in [0, 0.05) is 0 Å². The minimum absolute atomic E-state index is 0.136. The lowest BCUT2D eigenvalue weighted by Gasteiger charge is -2.00. The molecule has 1 rings (SSSR count). The molecule has 0 aliphatic carbocycles. The van der Waals surface area contributed by atoms with E-state index in [1.807, 2.05) is 0 Å². The van der Waals surface area contributed by atoms with Gasteiger partial charge in [-0.25, -0.2) is 0 Å². The van der Waals surface area contributed by atoms with E-state index in [1.54, 1.807) is 6.92 Å². The molecule has 0 fully saturated rings. The van der Waals surface area contributed by atoms with Gasteiger partial charge in [0.1, 0.15) is 0 Å². The molecule has 0 aliphatic rings. The van der Waals surface area contributed by atoms with Crippen molar-refractivity contribution in [2.45, 2.75) is 12.7 Å². The highest BCUT2D eigenvalue weighted by atomic mass is 35.5. The van der Waals surface area contributed by atoms with Crippen LogP contribution in [0.5, 0.6) is 0 Å². The topological polar surface area (TPSA) is 68.8 Å². The molecule has 1 N–H and O–H groups in total. The van der Waals surface area contributed by atoms with Gasteiger partial charge in [-0.2, -0.15) is 5.10 Å². The highest BCUT2D eigenvalue weighted by Crippen LogP contribution is 2.17. The number of hydrogen-bond donors (Lipinski definition) is 1. The van der Waals surface area contributed by atoms with E-state index in [1.165, 1.54) is 0 Å². The van der Waals surface area contributed by atoms with Gasteiger partial charge in [-0.3, -0.25) is 9.31 Å². The molecule has 0 radical (unpaired) electrons. The predicted molar refractivity (Wildman–Crippen MR) is 41.0 cm³/mol. The van der Waals surface area contributed by atoms with Crippen molar-refractivity contribution in [2.24, 2.45) is 0 Å². The molecule has 0 amide bonds. The summed E-state index contributed by atoms with van der Waals surface area (Å²) in [6.07, 6.45) is 0. The Morgan fingerprint density at radius 1 is 1.82 bits per heavy atom. The molecule has 1 atom stereocenters. The van der Waals surface area contributed by atoms with Gasteiger partial charge in [0.2, 0.25) is 0 Å². The van der Waals surface area contributed by atoms with Crippen molar-refractivity contribution in [3.63, 3.8) is 0 Å². The fourth-order valence-electron chi connectivity index (χ4n) is 0.673. The molecule has 0 saturated heterocycles. The van der Waals surface area contributed by atoms with Crippen LogP contribution < -0.4 is 0 Å². The predicted octanol–water partition coefficient (Wildman–Crippen LogP) is 0.751. The van der Waals surface area contributed by atoms with Crippen molar-refractivity contribution >= 4 is 22.7 Å². The lowest BCUT2D eigenvalue weighted by molar-refractivity contribution is 0.535. The molecule has 0 aliphatic heterocycles. The smallest absolute Gasteiger partial charge is 0.0924 e. The molecule has 0 bridgehead atoms. The maximum Gasteiger partial charge on any atom is 0.0924 e. The summed E-state index contributed by atoms with van der Waals surface area (Å²) in [5.41, 5.74) is 1.06. The average molecular weight is 194 g/mol. The van der Waals surface area contributed by atoms with Crippen LogP contribution in [0.4, 0.5) is 0 Å². The minimum Gasteiger partial charge on any atom is -0.772 e. The van der Waals surface area contributed by atoms with Crippen molar-refractivity contribution < 1.29 is 8.76 Å². The first kappa shape index (κ1) is 8.70. The third kappa shape index (κ3) is 2.02. The van der Waals surface area contributed by atoms with E-state index < -0.39 is 11.1 Å². The summed E-state index contributed by atoms with van der Waals surface area (Å²) in [4.78, 5) is 0. The summed E-state index contributed by atoms with van der Waals surface area (Å²) in [7, 11) is 0. The van der Waals surface area contributed by atoms with Crippen LogP contribution in [0.3, 0.4) is 0 Å². The molecule has 1 unspecified atom stereocenters. The lowest BCUT2D eigenvalue weighted by atomic mass is 10.4. The average Bonchev–Trinajstić information content (AvgIpc) is 2.18. The number of aromatic nitrogens is 2. The zero-order valence-electron chi connectivity index (χ0n) is 5.76. The van der Waals surface area contributed by atoms with Crippen molar-refractivity contribution in [3.05, 3.63) is 16.4 Å². The molecular formula is C5H6ClN2O2S-. The van der Waals surface area contributed by atoms with Crippen LogP contribution in [0.1, 0.15) is 11.4 Å². The van der Waals surface area contributed by atoms with Crippen molar-refractivity contribution in [1.29, 1.82) is 0 Å². The van der Waals surface area contributed by atoms with E-state index in [4.69, 9.17) is 11.6 Å². The number of aromatic amines is 1. The van der Waals surface area contributed by atoms with Gasteiger partial charge in [-0.15, -0.1) is 0 Å².